The number of nitro groups is 1. The first-order chi connectivity index (χ1) is 8.24. The van der Waals surface area contributed by atoms with E-state index in [9.17, 15) is 10.1 Å². The van der Waals surface area contributed by atoms with Crippen molar-refractivity contribution in [3.63, 3.8) is 0 Å². The minimum atomic E-state index is -0.420. The van der Waals surface area contributed by atoms with Gasteiger partial charge in [0.1, 0.15) is 0 Å². The first kappa shape index (κ1) is 9.95. The molecule has 3 rings (SSSR count). The van der Waals surface area contributed by atoms with Crippen molar-refractivity contribution in [2.24, 2.45) is 0 Å². The Kier molecular flexibility index (Phi) is 2.14. The van der Waals surface area contributed by atoms with E-state index in [2.05, 4.69) is 10.1 Å². The second-order valence-electron chi connectivity index (χ2n) is 4.10. The highest BCUT2D eigenvalue weighted by Gasteiger charge is 2.24. The molecule has 6 nitrogen and oxygen atoms in total. The van der Waals surface area contributed by atoms with E-state index < -0.39 is 4.92 Å². The van der Waals surface area contributed by atoms with Crippen LogP contribution in [0.25, 0.3) is 11.3 Å². The molecule has 1 saturated carbocycles. The zero-order chi connectivity index (χ0) is 11.8. The average Bonchev–Trinajstić information content (AvgIpc) is 3.07. The summed E-state index contributed by atoms with van der Waals surface area (Å²) in [4.78, 5) is 14.4. The lowest BCUT2D eigenvalue weighted by Gasteiger charge is -1.96. The summed E-state index contributed by atoms with van der Waals surface area (Å²) >= 11 is 0. The molecular formula is C11H10N4O2. The number of pyridine rings is 1. The second kappa shape index (κ2) is 3.65. The van der Waals surface area contributed by atoms with Crippen LogP contribution in [0.4, 0.5) is 5.69 Å². The Labute approximate surface area is 97.1 Å². The lowest BCUT2D eigenvalue weighted by Crippen LogP contribution is -1.92. The molecule has 0 bridgehead atoms. The van der Waals surface area contributed by atoms with Crippen molar-refractivity contribution in [1.29, 1.82) is 0 Å². The van der Waals surface area contributed by atoms with Crippen LogP contribution >= 0.6 is 0 Å². The van der Waals surface area contributed by atoms with Crippen molar-refractivity contribution in [3.8, 4) is 11.3 Å². The van der Waals surface area contributed by atoms with E-state index in [1.54, 1.807) is 6.20 Å². The van der Waals surface area contributed by atoms with Crippen molar-refractivity contribution in [1.82, 2.24) is 14.8 Å². The van der Waals surface area contributed by atoms with E-state index in [1.807, 2.05) is 10.9 Å². The summed E-state index contributed by atoms with van der Waals surface area (Å²) < 4.78 is 1.90. The van der Waals surface area contributed by atoms with Crippen molar-refractivity contribution in [2.75, 3.05) is 0 Å². The molecule has 0 aromatic carbocycles. The summed E-state index contributed by atoms with van der Waals surface area (Å²) in [5.41, 5.74) is 1.46. The molecule has 1 aliphatic carbocycles. The van der Waals surface area contributed by atoms with Gasteiger partial charge >= 0.3 is 0 Å². The zero-order valence-electron chi connectivity index (χ0n) is 8.98. The first-order valence-electron chi connectivity index (χ1n) is 5.39. The van der Waals surface area contributed by atoms with Gasteiger partial charge in [-0.15, -0.1) is 0 Å². The van der Waals surface area contributed by atoms with Gasteiger partial charge in [0, 0.05) is 30.1 Å². The maximum Gasteiger partial charge on any atom is 0.273 e. The predicted molar refractivity (Wildman–Crippen MR) is 60.4 cm³/mol. The number of hydrogen-bond donors (Lipinski definition) is 0. The predicted octanol–water partition coefficient (Wildman–Crippen LogP) is 2.19. The van der Waals surface area contributed by atoms with E-state index in [-0.39, 0.29) is 5.69 Å². The summed E-state index contributed by atoms with van der Waals surface area (Å²) in [7, 11) is 0. The van der Waals surface area contributed by atoms with E-state index in [0.717, 1.165) is 18.4 Å². The highest BCUT2D eigenvalue weighted by Crippen LogP contribution is 2.35. The SMILES string of the molecule is O=[N+]([O-])c1ccnc(-c2cnn(C3CC3)c2)c1. The third kappa shape index (κ3) is 1.89. The molecule has 2 aromatic heterocycles. The smallest absolute Gasteiger partial charge is 0.269 e. The molecular weight excluding hydrogens is 220 g/mol. The minimum absolute atomic E-state index is 0.0502. The van der Waals surface area contributed by atoms with Gasteiger partial charge in [-0.1, -0.05) is 0 Å². The Bertz CT molecular complexity index is 574. The fraction of sp³-hybridized carbons (Fsp3) is 0.273. The van der Waals surface area contributed by atoms with Gasteiger partial charge in [0.2, 0.25) is 0 Å². The second-order valence-corrected chi connectivity index (χ2v) is 4.10. The minimum Gasteiger partial charge on any atom is -0.269 e. The van der Waals surface area contributed by atoms with Crippen LogP contribution in [0.1, 0.15) is 18.9 Å². The first-order valence-corrected chi connectivity index (χ1v) is 5.39. The molecule has 0 unspecified atom stereocenters. The van der Waals surface area contributed by atoms with Crippen molar-refractivity contribution < 1.29 is 4.92 Å². The molecule has 1 aliphatic rings. The largest absolute Gasteiger partial charge is 0.273 e. The lowest BCUT2D eigenvalue weighted by molar-refractivity contribution is -0.384. The summed E-state index contributed by atoms with van der Waals surface area (Å²) in [6.45, 7) is 0. The van der Waals surface area contributed by atoms with Crippen LogP contribution in [0.5, 0.6) is 0 Å². The molecule has 6 heteroatoms. The topological polar surface area (TPSA) is 73.8 Å². The molecule has 0 radical (unpaired) electrons. The van der Waals surface area contributed by atoms with Crippen LogP contribution in [0.15, 0.2) is 30.7 Å². The van der Waals surface area contributed by atoms with Gasteiger partial charge < -0.3 is 0 Å². The monoisotopic (exact) mass is 230 g/mol. The summed E-state index contributed by atoms with van der Waals surface area (Å²) in [6.07, 6.45) is 7.35. The summed E-state index contributed by atoms with van der Waals surface area (Å²) in [5.74, 6) is 0. The van der Waals surface area contributed by atoms with Gasteiger partial charge in [-0.3, -0.25) is 19.8 Å². The molecule has 17 heavy (non-hydrogen) atoms. The highest BCUT2D eigenvalue weighted by molar-refractivity contribution is 5.59. The van der Waals surface area contributed by atoms with Gasteiger partial charge in [-0.05, 0) is 12.8 Å². The number of aromatic nitrogens is 3. The summed E-state index contributed by atoms with van der Waals surface area (Å²) in [5, 5.41) is 14.9. The zero-order valence-corrected chi connectivity index (χ0v) is 8.98. The quantitative estimate of drug-likeness (QED) is 0.598. The Hall–Kier alpha value is -2.24. The van der Waals surface area contributed by atoms with Crippen LogP contribution < -0.4 is 0 Å². The normalized spacial score (nSPS) is 14.8. The van der Waals surface area contributed by atoms with Gasteiger partial charge in [-0.25, -0.2) is 0 Å². The highest BCUT2D eigenvalue weighted by atomic mass is 16.6. The molecule has 86 valence electrons. The fourth-order valence-corrected chi connectivity index (χ4v) is 1.70. The molecule has 0 spiro atoms. The molecule has 2 aromatic rings. The fourth-order valence-electron chi connectivity index (χ4n) is 1.70. The Balaban J connectivity index is 1.96. The summed E-state index contributed by atoms with van der Waals surface area (Å²) in [6, 6.07) is 3.35. The third-order valence-corrected chi connectivity index (χ3v) is 2.77. The van der Waals surface area contributed by atoms with Gasteiger partial charge in [-0.2, -0.15) is 5.10 Å². The van der Waals surface area contributed by atoms with Gasteiger partial charge in [0.15, 0.2) is 0 Å². The number of rotatable bonds is 3. The number of hydrogen-bond acceptors (Lipinski definition) is 4. The lowest BCUT2D eigenvalue weighted by atomic mass is 10.2. The molecule has 0 saturated heterocycles. The maximum absolute atomic E-state index is 10.7. The Morgan fingerprint density at radius 1 is 1.47 bits per heavy atom. The maximum atomic E-state index is 10.7. The van der Waals surface area contributed by atoms with E-state index in [0.29, 0.717) is 11.7 Å². The molecule has 0 atom stereocenters. The Morgan fingerprint density at radius 2 is 2.29 bits per heavy atom. The average molecular weight is 230 g/mol. The van der Waals surface area contributed by atoms with E-state index >= 15 is 0 Å². The van der Waals surface area contributed by atoms with Crippen LogP contribution in [0.3, 0.4) is 0 Å². The van der Waals surface area contributed by atoms with Crippen LogP contribution in [-0.2, 0) is 0 Å². The van der Waals surface area contributed by atoms with E-state index in [4.69, 9.17) is 0 Å². The van der Waals surface area contributed by atoms with Crippen molar-refractivity contribution in [3.05, 3.63) is 40.8 Å². The standard InChI is InChI=1S/C11H10N4O2/c16-15(17)10-3-4-12-11(5-10)8-6-13-14(7-8)9-1-2-9/h3-7,9H,1-2H2. The van der Waals surface area contributed by atoms with Crippen LogP contribution in [0.2, 0.25) is 0 Å². The molecule has 1 fully saturated rings. The van der Waals surface area contributed by atoms with Crippen molar-refractivity contribution in [2.45, 2.75) is 18.9 Å². The molecule has 0 aliphatic heterocycles. The molecule has 0 amide bonds. The van der Waals surface area contributed by atoms with Crippen LogP contribution in [-0.4, -0.2) is 19.7 Å². The van der Waals surface area contributed by atoms with E-state index in [1.165, 1.54) is 18.3 Å². The van der Waals surface area contributed by atoms with Gasteiger partial charge in [0.05, 0.1) is 22.9 Å². The number of nitrogens with zero attached hydrogens (tertiary/aromatic N) is 4. The van der Waals surface area contributed by atoms with Gasteiger partial charge in [0.25, 0.3) is 5.69 Å². The van der Waals surface area contributed by atoms with Crippen molar-refractivity contribution >= 4 is 5.69 Å². The van der Waals surface area contributed by atoms with Crippen LogP contribution in [0, 0.1) is 10.1 Å². The Morgan fingerprint density at radius 3 is 3.00 bits per heavy atom. The third-order valence-electron chi connectivity index (χ3n) is 2.77. The molecule has 2 heterocycles. The molecule has 0 N–H and O–H groups in total.